The maximum Gasteiger partial charge on any atom is 0.0656 e. The predicted octanol–water partition coefficient (Wildman–Crippen LogP) is 6.75. The van der Waals surface area contributed by atoms with Crippen molar-refractivity contribution in [2.45, 2.75) is 0 Å². The molecule has 0 aliphatic rings. The summed E-state index contributed by atoms with van der Waals surface area (Å²) in [6, 6.07) is 17.5. The van der Waals surface area contributed by atoms with Gasteiger partial charge in [-0.3, -0.25) is 0 Å². The average Bonchev–Trinajstić information content (AvgIpc) is 2.93. The highest BCUT2D eigenvalue weighted by Crippen LogP contribution is 2.59. The maximum atomic E-state index is 6.79. The van der Waals surface area contributed by atoms with Crippen LogP contribution in [0.25, 0.3) is 97.0 Å². The lowest BCUT2D eigenvalue weighted by Gasteiger charge is -2.28. The molecule has 10 aromatic rings. The summed E-state index contributed by atoms with van der Waals surface area (Å²) in [5.41, 5.74) is 43.2. The van der Waals surface area contributed by atoms with Crippen molar-refractivity contribution in [2.24, 2.45) is 0 Å². The van der Waals surface area contributed by atoms with Crippen molar-refractivity contribution in [1.82, 2.24) is 0 Å². The van der Waals surface area contributed by atoms with Crippen LogP contribution >= 0.6 is 0 Å². The van der Waals surface area contributed by atoms with Crippen LogP contribution in [0.4, 0.5) is 34.1 Å². The molecule has 0 amide bonds. The first-order chi connectivity index (χ1) is 18.4. The molecule has 0 atom stereocenters. The van der Waals surface area contributed by atoms with Crippen LogP contribution in [-0.2, 0) is 0 Å². The summed E-state index contributed by atoms with van der Waals surface area (Å²) in [4.78, 5) is 0. The van der Waals surface area contributed by atoms with E-state index in [1.165, 1.54) is 43.1 Å². The molecule has 0 saturated heterocycles. The zero-order valence-corrected chi connectivity index (χ0v) is 20.1. The van der Waals surface area contributed by atoms with Crippen LogP contribution in [0.15, 0.2) is 48.5 Å². The molecule has 38 heavy (non-hydrogen) atoms. The summed E-state index contributed by atoms with van der Waals surface area (Å²) in [6.07, 6.45) is 0. The Morgan fingerprint density at radius 3 is 0.947 bits per heavy atom. The van der Waals surface area contributed by atoms with Gasteiger partial charge in [0.15, 0.2) is 0 Å². The van der Waals surface area contributed by atoms with E-state index in [9.17, 15) is 0 Å². The van der Waals surface area contributed by atoms with Crippen LogP contribution in [0.5, 0.6) is 0 Å². The third kappa shape index (κ3) is 1.60. The second kappa shape index (κ2) is 5.33. The van der Waals surface area contributed by atoms with Crippen LogP contribution in [0.3, 0.4) is 0 Å². The molecular weight excluding hydrogens is 468 g/mol. The van der Waals surface area contributed by atoms with Crippen molar-refractivity contribution in [3.8, 4) is 0 Å². The summed E-state index contributed by atoms with van der Waals surface area (Å²) in [5, 5.41) is 19.2. The lowest BCUT2D eigenvalue weighted by molar-refractivity contribution is 1.73. The normalized spacial score (nSPS) is 13.4. The zero-order valence-electron chi connectivity index (χ0n) is 20.1. The summed E-state index contributed by atoms with van der Waals surface area (Å²) >= 11 is 0. The van der Waals surface area contributed by atoms with Gasteiger partial charge in [-0.25, -0.2) is 0 Å². The minimum atomic E-state index is 0.386. The number of nitrogen functional groups attached to an aromatic ring is 6. The molecule has 0 saturated carbocycles. The molecule has 0 spiro atoms. The second-order valence-electron chi connectivity index (χ2n) is 10.9. The first kappa shape index (κ1) is 18.8. The fraction of sp³-hybridized carbons (Fsp3) is 0. The average molecular weight is 489 g/mol. The molecule has 0 aliphatic carbocycles. The van der Waals surface area contributed by atoms with Crippen LogP contribution in [0.2, 0.25) is 0 Å². The monoisotopic (exact) mass is 488 g/mol. The van der Waals surface area contributed by atoms with Crippen molar-refractivity contribution in [3.63, 3.8) is 0 Å². The Kier molecular flexibility index (Phi) is 2.64. The Morgan fingerprint density at radius 2 is 0.553 bits per heavy atom. The molecule has 0 aliphatic heterocycles. The van der Waals surface area contributed by atoms with E-state index < -0.39 is 0 Å². The van der Waals surface area contributed by atoms with Crippen LogP contribution in [0, 0.1) is 0 Å². The van der Waals surface area contributed by atoms with Gasteiger partial charge in [0, 0.05) is 43.1 Å². The molecule has 12 N–H and O–H groups in total. The fourth-order valence-corrected chi connectivity index (χ4v) is 7.87. The minimum absolute atomic E-state index is 0.386. The Labute approximate surface area is 214 Å². The van der Waals surface area contributed by atoms with Gasteiger partial charge in [-0.2, -0.15) is 0 Å². The maximum absolute atomic E-state index is 6.79. The number of rotatable bonds is 0. The SMILES string of the molecule is Nc1c(N)c2c(N)c(N)c3c(N)c(N)c4cc5ccc6ccc7ccc8cc1c1c2c3c4c2c5c6c7c8c12. The molecule has 0 aromatic heterocycles. The summed E-state index contributed by atoms with van der Waals surface area (Å²) < 4.78 is 0. The number of hydrogen-bond acceptors (Lipinski definition) is 6. The van der Waals surface area contributed by atoms with Gasteiger partial charge in [0.25, 0.3) is 0 Å². The van der Waals surface area contributed by atoms with Gasteiger partial charge in [0.05, 0.1) is 34.1 Å². The van der Waals surface area contributed by atoms with E-state index in [1.807, 2.05) is 0 Å². The molecule has 0 heterocycles. The van der Waals surface area contributed by atoms with E-state index in [0.717, 1.165) is 43.1 Å². The zero-order chi connectivity index (χ0) is 25.5. The highest BCUT2D eigenvalue weighted by molar-refractivity contribution is 6.56. The van der Waals surface area contributed by atoms with E-state index in [2.05, 4.69) is 48.5 Å². The van der Waals surface area contributed by atoms with E-state index in [0.29, 0.717) is 44.9 Å². The van der Waals surface area contributed by atoms with Gasteiger partial charge in [0.2, 0.25) is 0 Å². The molecule has 0 fully saturated rings. The molecule has 6 nitrogen and oxygen atoms in total. The first-order valence-electron chi connectivity index (χ1n) is 12.6. The van der Waals surface area contributed by atoms with Gasteiger partial charge in [-0.15, -0.1) is 0 Å². The molecule has 0 bridgehead atoms. The Bertz CT molecular complexity index is 2480. The van der Waals surface area contributed by atoms with Crippen molar-refractivity contribution in [2.75, 3.05) is 34.4 Å². The Balaban J connectivity index is 1.80. The Hall–Kier alpha value is -5.36. The molecule has 10 aromatic carbocycles. The van der Waals surface area contributed by atoms with E-state index in [-0.39, 0.29) is 0 Å². The van der Waals surface area contributed by atoms with E-state index >= 15 is 0 Å². The fourth-order valence-electron chi connectivity index (χ4n) is 7.87. The molecule has 0 radical (unpaired) electrons. The Morgan fingerprint density at radius 1 is 0.263 bits per heavy atom. The highest BCUT2D eigenvalue weighted by Gasteiger charge is 2.31. The number of benzene rings is 10. The summed E-state index contributed by atoms with van der Waals surface area (Å²) in [6.45, 7) is 0. The molecule has 10 rings (SSSR count). The van der Waals surface area contributed by atoms with Gasteiger partial charge >= 0.3 is 0 Å². The molecule has 6 heteroatoms. The summed E-state index contributed by atoms with van der Waals surface area (Å²) in [5.74, 6) is 0. The largest absolute Gasteiger partial charge is 0.397 e. The number of anilines is 6. The van der Waals surface area contributed by atoms with Gasteiger partial charge < -0.3 is 34.4 Å². The standard InChI is InChI=1S/C32H20N6/c33-27-13-7-11-5-3-9-1-2-10-4-6-12-8-14-20-22-18(12)16(10)15(9)17(11)21(22)19(13)23-24(20)26(30(36)28(14)34)32(38)31(37)25(23)29(27)35/h1-8H,33-38H2. The number of hydrogen-bond donors (Lipinski definition) is 6. The lowest BCUT2D eigenvalue weighted by atomic mass is 9.76. The van der Waals surface area contributed by atoms with Crippen LogP contribution in [0.1, 0.15) is 0 Å². The minimum Gasteiger partial charge on any atom is -0.397 e. The molecule has 178 valence electrons. The van der Waals surface area contributed by atoms with Crippen LogP contribution < -0.4 is 34.4 Å². The van der Waals surface area contributed by atoms with Gasteiger partial charge in [-0.1, -0.05) is 36.4 Å². The van der Waals surface area contributed by atoms with Crippen molar-refractivity contribution < 1.29 is 0 Å². The van der Waals surface area contributed by atoms with E-state index in [4.69, 9.17) is 34.4 Å². The topological polar surface area (TPSA) is 156 Å². The smallest absolute Gasteiger partial charge is 0.0656 e. The van der Waals surface area contributed by atoms with E-state index in [1.54, 1.807) is 0 Å². The first-order valence-corrected chi connectivity index (χ1v) is 12.6. The third-order valence-corrected chi connectivity index (χ3v) is 9.40. The number of nitrogens with two attached hydrogens (primary N) is 6. The second-order valence-corrected chi connectivity index (χ2v) is 10.9. The quantitative estimate of drug-likeness (QED) is 0.0787. The van der Waals surface area contributed by atoms with Gasteiger partial charge in [-0.05, 0) is 66.0 Å². The van der Waals surface area contributed by atoms with Crippen molar-refractivity contribution in [1.29, 1.82) is 0 Å². The van der Waals surface area contributed by atoms with Crippen LogP contribution in [-0.4, -0.2) is 0 Å². The summed E-state index contributed by atoms with van der Waals surface area (Å²) in [7, 11) is 0. The van der Waals surface area contributed by atoms with Crippen molar-refractivity contribution in [3.05, 3.63) is 48.5 Å². The third-order valence-electron chi connectivity index (χ3n) is 9.40. The highest BCUT2D eigenvalue weighted by atomic mass is 14.8. The molecular formula is C32H20N6. The lowest BCUT2D eigenvalue weighted by Crippen LogP contribution is -2.08. The predicted molar refractivity (Wildman–Crippen MR) is 166 cm³/mol. The van der Waals surface area contributed by atoms with Crippen molar-refractivity contribution >= 4 is 131 Å². The molecule has 0 unspecified atom stereocenters. The van der Waals surface area contributed by atoms with Gasteiger partial charge in [0.1, 0.15) is 0 Å².